The lowest BCUT2D eigenvalue weighted by Crippen LogP contribution is -2.19. The van der Waals surface area contributed by atoms with Gasteiger partial charge in [-0.2, -0.15) is 5.10 Å². The van der Waals surface area contributed by atoms with E-state index in [0.717, 1.165) is 12.1 Å². The summed E-state index contributed by atoms with van der Waals surface area (Å²) in [6.07, 6.45) is 0. The number of carbonyl (C=O) groups is 1. The molecule has 0 aliphatic carbocycles. The lowest BCUT2D eigenvalue weighted by Gasteiger charge is -2.06. The molecule has 0 saturated heterocycles. The number of hydrazone groups is 1. The molecule has 0 aliphatic heterocycles. The lowest BCUT2D eigenvalue weighted by atomic mass is 10.1. The molecule has 0 fully saturated rings. The number of carbonyl (C=O) groups excluding carboxylic acids is 1. The number of phenols is 4. The molecule has 0 unspecified atom stereocenters. The van der Waals surface area contributed by atoms with E-state index in [2.05, 4.69) is 10.5 Å². The van der Waals surface area contributed by atoms with Crippen molar-refractivity contribution in [3.8, 4) is 23.0 Å². The molecule has 2 rings (SSSR count). The van der Waals surface area contributed by atoms with Crippen molar-refractivity contribution in [2.75, 3.05) is 0 Å². The molecular weight excluding hydrogens is 288 g/mol. The van der Waals surface area contributed by atoms with Gasteiger partial charge in [-0.25, -0.2) is 5.43 Å². The number of hydrogen-bond donors (Lipinski definition) is 5. The van der Waals surface area contributed by atoms with Gasteiger partial charge in [0.25, 0.3) is 5.91 Å². The molecule has 2 aromatic rings. The van der Waals surface area contributed by atoms with Gasteiger partial charge >= 0.3 is 0 Å². The van der Waals surface area contributed by atoms with Crippen molar-refractivity contribution in [3.05, 3.63) is 47.5 Å². The zero-order chi connectivity index (χ0) is 16.3. The molecule has 1 amide bonds. The SMILES string of the molecule is C/C(=N\NC(=O)c1cc(O)c(O)c(O)c1)c1cccc(O)c1. The largest absolute Gasteiger partial charge is 0.508 e. The van der Waals surface area contributed by atoms with Crippen molar-refractivity contribution >= 4 is 11.6 Å². The normalized spacial score (nSPS) is 11.2. The van der Waals surface area contributed by atoms with Crippen molar-refractivity contribution < 1.29 is 25.2 Å². The highest BCUT2D eigenvalue weighted by Crippen LogP contribution is 2.35. The second-order valence-corrected chi connectivity index (χ2v) is 4.55. The van der Waals surface area contributed by atoms with Gasteiger partial charge in [-0.1, -0.05) is 12.1 Å². The van der Waals surface area contributed by atoms with Crippen LogP contribution in [-0.2, 0) is 0 Å². The second kappa shape index (κ2) is 6.04. The molecule has 0 heterocycles. The van der Waals surface area contributed by atoms with Gasteiger partial charge in [0.15, 0.2) is 17.2 Å². The Morgan fingerprint density at radius 3 is 2.23 bits per heavy atom. The molecule has 0 spiro atoms. The molecule has 22 heavy (non-hydrogen) atoms. The van der Waals surface area contributed by atoms with Crippen LogP contribution in [0.25, 0.3) is 0 Å². The summed E-state index contributed by atoms with van der Waals surface area (Å²) in [5.74, 6) is -2.52. The molecular formula is C15H14N2O5. The predicted molar refractivity (Wildman–Crippen MR) is 79.2 cm³/mol. The number of nitrogens with zero attached hydrogens (tertiary/aromatic N) is 1. The third kappa shape index (κ3) is 3.26. The maximum absolute atomic E-state index is 11.9. The topological polar surface area (TPSA) is 122 Å². The highest BCUT2D eigenvalue weighted by Gasteiger charge is 2.13. The Hall–Kier alpha value is -3.22. The van der Waals surface area contributed by atoms with Crippen molar-refractivity contribution in [1.82, 2.24) is 5.43 Å². The molecule has 2 aromatic carbocycles. The Morgan fingerprint density at radius 1 is 1.00 bits per heavy atom. The van der Waals surface area contributed by atoms with E-state index in [1.54, 1.807) is 19.1 Å². The molecule has 0 bridgehead atoms. The van der Waals surface area contributed by atoms with Crippen molar-refractivity contribution in [3.63, 3.8) is 0 Å². The van der Waals surface area contributed by atoms with Crippen LogP contribution in [0.5, 0.6) is 23.0 Å². The Morgan fingerprint density at radius 2 is 1.64 bits per heavy atom. The van der Waals surface area contributed by atoms with Gasteiger partial charge in [0.05, 0.1) is 5.71 Å². The van der Waals surface area contributed by atoms with Crippen LogP contribution in [0.2, 0.25) is 0 Å². The number of amides is 1. The predicted octanol–water partition coefficient (Wildman–Crippen LogP) is 1.66. The molecule has 0 atom stereocenters. The molecule has 7 nitrogen and oxygen atoms in total. The quantitative estimate of drug-likeness (QED) is 0.335. The van der Waals surface area contributed by atoms with E-state index >= 15 is 0 Å². The maximum Gasteiger partial charge on any atom is 0.271 e. The smallest absolute Gasteiger partial charge is 0.271 e. The first-order valence-corrected chi connectivity index (χ1v) is 6.27. The van der Waals surface area contributed by atoms with E-state index in [0.29, 0.717) is 11.3 Å². The van der Waals surface area contributed by atoms with Crippen molar-refractivity contribution in [1.29, 1.82) is 0 Å². The summed E-state index contributed by atoms with van der Waals surface area (Å²) in [6, 6.07) is 8.36. The Labute approximate surface area is 125 Å². The van der Waals surface area contributed by atoms with Crippen LogP contribution in [-0.4, -0.2) is 32.0 Å². The molecule has 5 N–H and O–H groups in total. The van der Waals surface area contributed by atoms with Gasteiger partial charge in [-0.15, -0.1) is 0 Å². The van der Waals surface area contributed by atoms with Crippen LogP contribution in [0.15, 0.2) is 41.5 Å². The van der Waals surface area contributed by atoms with Crippen LogP contribution >= 0.6 is 0 Å². The standard InChI is InChI=1S/C15H14N2O5/c1-8(9-3-2-4-11(18)5-9)16-17-15(22)10-6-12(19)14(21)13(20)7-10/h2-7,18-21H,1H3,(H,17,22)/b16-8+. The lowest BCUT2D eigenvalue weighted by molar-refractivity contribution is 0.0954. The number of hydrogen-bond acceptors (Lipinski definition) is 6. The fourth-order valence-electron chi connectivity index (χ4n) is 1.73. The monoisotopic (exact) mass is 302 g/mol. The fraction of sp³-hybridized carbons (Fsp3) is 0.0667. The molecule has 0 radical (unpaired) electrons. The number of aromatic hydroxyl groups is 4. The van der Waals surface area contributed by atoms with Gasteiger partial charge in [0, 0.05) is 11.1 Å². The first kappa shape index (κ1) is 15.2. The minimum Gasteiger partial charge on any atom is -0.508 e. The van der Waals surface area contributed by atoms with Gasteiger partial charge in [0.2, 0.25) is 0 Å². The van der Waals surface area contributed by atoms with E-state index in [-0.39, 0.29) is 11.3 Å². The van der Waals surface area contributed by atoms with Crippen LogP contribution in [0.3, 0.4) is 0 Å². The Kier molecular flexibility index (Phi) is 4.17. The summed E-state index contributed by atoms with van der Waals surface area (Å²) < 4.78 is 0. The number of rotatable bonds is 3. The maximum atomic E-state index is 11.9. The Bertz CT molecular complexity index is 732. The van der Waals surface area contributed by atoms with Crippen LogP contribution in [0.1, 0.15) is 22.8 Å². The minimum atomic E-state index is -0.698. The second-order valence-electron chi connectivity index (χ2n) is 4.55. The van der Waals surface area contributed by atoms with E-state index in [1.165, 1.54) is 12.1 Å². The van der Waals surface area contributed by atoms with Crippen LogP contribution < -0.4 is 5.43 Å². The van der Waals surface area contributed by atoms with Gasteiger partial charge in [-0.3, -0.25) is 4.79 Å². The summed E-state index contributed by atoms with van der Waals surface area (Å²) in [7, 11) is 0. The first-order valence-electron chi connectivity index (χ1n) is 6.27. The van der Waals surface area contributed by atoms with Crippen LogP contribution in [0, 0.1) is 0 Å². The van der Waals surface area contributed by atoms with E-state index in [1.807, 2.05) is 0 Å². The Balaban J connectivity index is 2.17. The highest BCUT2D eigenvalue weighted by atomic mass is 16.3. The van der Waals surface area contributed by atoms with Crippen molar-refractivity contribution in [2.45, 2.75) is 6.92 Å². The van der Waals surface area contributed by atoms with E-state index in [9.17, 15) is 25.2 Å². The van der Waals surface area contributed by atoms with Gasteiger partial charge in [0.1, 0.15) is 5.75 Å². The molecule has 114 valence electrons. The van der Waals surface area contributed by atoms with Crippen LogP contribution in [0.4, 0.5) is 0 Å². The third-order valence-corrected chi connectivity index (χ3v) is 2.92. The number of nitrogens with one attached hydrogen (secondary N) is 1. The van der Waals surface area contributed by atoms with E-state index in [4.69, 9.17) is 0 Å². The first-order chi connectivity index (χ1) is 10.4. The number of phenolic OH excluding ortho intramolecular Hbond substituents is 4. The summed E-state index contributed by atoms with van der Waals surface area (Å²) in [5, 5.41) is 41.2. The third-order valence-electron chi connectivity index (χ3n) is 2.92. The fourth-order valence-corrected chi connectivity index (χ4v) is 1.73. The zero-order valence-corrected chi connectivity index (χ0v) is 11.6. The zero-order valence-electron chi connectivity index (χ0n) is 11.6. The average molecular weight is 302 g/mol. The number of benzene rings is 2. The average Bonchev–Trinajstić information content (AvgIpc) is 2.49. The van der Waals surface area contributed by atoms with E-state index < -0.39 is 23.2 Å². The summed E-state index contributed by atoms with van der Waals surface area (Å²) in [5.41, 5.74) is 3.26. The molecule has 0 saturated carbocycles. The van der Waals surface area contributed by atoms with Crippen molar-refractivity contribution in [2.24, 2.45) is 5.10 Å². The summed E-state index contributed by atoms with van der Waals surface area (Å²) in [6.45, 7) is 1.64. The minimum absolute atomic E-state index is 0.0692. The molecule has 0 aliphatic rings. The van der Waals surface area contributed by atoms with Gasteiger partial charge in [-0.05, 0) is 31.2 Å². The van der Waals surface area contributed by atoms with Gasteiger partial charge < -0.3 is 20.4 Å². The summed E-state index contributed by atoms with van der Waals surface area (Å²) in [4.78, 5) is 11.9. The molecule has 7 heteroatoms. The summed E-state index contributed by atoms with van der Waals surface area (Å²) >= 11 is 0. The molecule has 0 aromatic heterocycles. The highest BCUT2D eigenvalue weighted by molar-refractivity contribution is 6.01.